The van der Waals surface area contributed by atoms with Gasteiger partial charge in [-0.25, -0.2) is 4.39 Å². The van der Waals surface area contributed by atoms with Gasteiger partial charge in [-0.05, 0) is 32.2 Å². The van der Waals surface area contributed by atoms with Gasteiger partial charge in [-0.2, -0.15) is 0 Å². The van der Waals surface area contributed by atoms with Crippen LogP contribution < -0.4 is 5.32 Å². The molecule has 3 atom stereocenters. The molecule has 3 aliphatic rings. The van der Waals surface area contributed by atoms with E-state index in [4.69, 9.17) is 4.74 Å². The molecule has 0 amide bonds. The molecular weight excluding hydrogens is 255 g/mol. The lowest BCUT2D eigenvalue weighted by atomic mass is 9.75. The summed E-state index contributed by atoms with van der Waals surface area (Å²) < 4.78 is 19.4. The van der Waals surface area contributed by atoms with E-state index >= 15 is 0 Å². The van der Waals surface area contributed by atoms with E-state index < -0.39 is 6.17 Å². The molecule has 1 saturated carbocycles. The normalized spacial score (nSPS) is 35.7. The summed E-state index contributed by atoms with van der Waals surface area (Å²) in [5, 5.41) is 3.34. The molecule has 3 rings (SSSR count). The molecule has 3 nitrogen and oxygen atoms in total. The highest BCUT2D eigenvalue weighted by atomic mass is 19.1. The fraction of sp³-hybridized carbons (Fsp3) is 1.00. The van der Waals surface area contributed by atoms with Crippen LogP contribution in [0.25, 0.3) is 0 Å². The quantitative estimate of drug-likeness (QED) is 0.860. The molecule has 1 spiro atoms. The maximum absolute atomic E-state index is 14.1. The lowest BCUT2D eigenvalue weighted by Crippen LogP contribution is -2.68. The number of hydrogen-bond acceptors (Lipinski definition) is 3. The summed E-state index contributed by atoms with van der Waals surface area (Å²) >= 11 is 0. The fourth-order valence-corrected chi connectivity index (χ4v) is 3.63. The van der Waals surface area contributed by atoms with Gasteiger partial charge in [0.15, 0.2) is 0 Å². The van der Waals surface area contributed by atoms with Crippen molar-refractivity contribution in [3.05, 3.63) is 0 Å². The largest absolute Gasteiger partial charge is 0.380 e. The molecule has 3 unspecified atom stereocenters. The van der Waals surface area contributed by atoms with Gasteiger partial charge in [0.05, 0.1) is 13.2 Å². The van der Waals surface area contributed by atoms with E-state index in [1.807, 2.05) is 13.8 Å². The van der Waals surface area contributed by atoms with E-state index in [-0.39, 0.29) is 6.04 Å². The van der Waals surface area contributed by atoms with Gasteiger partial charge in [-0.1, -0.05) is 20.8 Å². The molecule has 2 saturated heterocycles. The van der Waals surface area contributed by atoms with Crippen molar-refractivity contribution in [3.63, 3.8) is 0 Å². The average Bonchev–Trinajstić information content (AvgIpc) is 2.37. The molecule has 1 N–H and O–H groups in total. The lowest BCUT2D eigenvalue weighted by Gasteiger charge is -2.58. The maximum Gasteiger partial charge on any atom is 0.117 e. The number of likely N-dealkylation sites (tertiary alicyclic amines) is 1. The van der Waals surface area contributed by atoms with Crippen LogP contribution in [0.5, 0.6) is 0 Å². The third kappa shape index (κ3) is 3.34. The standard InChI is InChI=1S/C14H25FN2O.C2H6/c1-2-5-16-13-4-3-11(6-12(13)15)17-7-14(8-17)9-18-10-14;1-2/h11-13,16H,2-10H2,1H3;1-2H3. The minimum Gasteiger partial charge on any atom is -0.380 e. The third-order valence-electron chi connectivity index (χ3n) is 4.81. The van der Waals surface area contributed by atoms with Crippen LogP contribution in [0.3, 0.4) is 0 Å². The zero-order valence-corrected chi connectivity index (χ0v) is 13.3. The third-order valence-corrected chi connectivity index (χ3v) is 4.81. The Balaban J connectivity index is 0.000000704. The van der Waals surface area contributed by atoms with Crippen molar-refractivity contribution < 1.29 is 9.13 Å². The van der Waals surface area contributed by atoms with E-state index in [0.29, 0.717) is 11.5 Å². The summed E-state index contributed by atoms with van der Waals surface area (Å²) in [4.78, 5) is 2.48. The average molecular weight is 286 g/mol. The molecule has 2 heterocycles. The monoisotopic (exact) mass is 286 g/mol. The number of nitrogens with zero attached hydrogens (tertiary/aromatic N) is 1. The van der Waals surface area contributed by atoms with E-state index in [1.165, 1.54) is 0 Å². The van der Waals surface area contributed by atoms with Gasteiger partial charge in [-0.3, -0.25) is 4.90 Å². The summed E-state index contributed by atoms with van der Waals surface area (Å²) in [6, 6.07) is 0.578. The molecular formula is C16H31FN2O. The van der Waals surface area contributed by atoms with Gasteiger partial charge in [0, 0.05) is 30.6 Å². The van der Waals surface area contributed by atoms with Crippen LogP contribution in [-0.4, -0.2) is 56.0 Å². The number of hydrogen-bond donors (Lipinski definition) is 1. The molecule has 118 valence electrons. The first-order valence-electron chi connectivity index (χ1n) is 8.42. The Morgan fingerprint density at radius 1 is 1.25 bits per heavy atom. The zero-order chi connectivity index (χ0) is 14.6. The molecule has 2 aliphatic heterocycles. The minimum atomic E-state index is -0.663. The molecule has 0 aromatic heterocycles. The number of halogens is 1. The first kappa shape index (κ1) is 16.2. The summed E-state index contributed by atoms with van der Waals surface area (Å²) in [6.45, 7) is 11.2. The van der Waals surface area contributed by atoms with Gasteiger partial charge in [0.2, 0.25) is 0 Å². The van der Waals surface area contributed by atoms with Gasteiger partial charge < -0.3 is 10.1 Å². The smallest absolute Gasteiger partial charge is 0.117 e. The molecule has 20 heavy (non-hydrogen) atoms. The number of alkyl halides is 1. The summed E-state index contributed by atoms with van der Waals surface area (Å²) in [7, 11) is 0. The van der Waals surface area contributed by atoms with Gasteiger partial charge >= 0.3 is 0 Å². The van der Waals surface area contributed by atoms with Crippen molar-refractivity contribution in [3.8, 4) is 0 Å². The highest BCUT2D eigenvalue weighted by Gasteiger charge is 2.51. The topological polar surface area (TPSA) is 24.5 Å². The van der Waals surface area contributed by atoms with E-state index in [1.54, 1.807) is 0 Å². The van der Waals surface area contributed by atoms with Crippen molar-refractivity contribution in [2.45, 2.75) is 64.7 Å². The molecule has 3 fully saturated rings. The Hall–Kier alpha value is -0.190. The second kappa shape index (κ2) is 7.19. The van der Waals surface area contributed by atoms with Crippen LogP contribution in [0.4, 0.5) is 4.39 Å². The highest BCUT2D eigenvalue weighted by Crippen LogP contribution is 2.41. The van der Waals surface area contributed by atoms with E-state index in [2.05, 4.69) is 17.1 Å². The van der Waals surface area contributed by atoms with Crippen molar-refractivity contribution in [1.82, 2.24) is 10.2 Å². The Kier molecular flexibility index (Phi) is 5.82. The Morgan fingerprint density at radius 2 is 1.95 bits per heavy atom. The van der Waals surface area contributed by atoms with Crippen LogP contribution >= 0.6 is 0 Å². The predicted octanol–water partition coefficient (Wildman–Crippen LogP) is 2.60. The molecule has 4 heteroatoms. The summed E-state index contributed by atoms with van der Waals surface area (Å²) in [5.41, 5.74) is 0.461. The predicted molar refractivity (Wildman–Crippen MR) is 80.8 cm³/mol. The first-order valence-corrected chi connectivity index (χ1v) is 8.42. The maximum atomic E-state index is 14.1. The summed E-state index contributed by atoms with van der Waals surface area (Å²) in [5.74, 6) is 0. The van der Waals surface area contributed by atoms with Crippen molar-refractivity contribution in [1.29, 1.82) is 0 Å². The molecule has 1 aliphatic carbocycles. The van der Waals surface area contributed by atoms with Gasteiger partial charge in [0.1, 0.15) is 6.17 Å². The Morgan fingerprint density at radius 3 is 2.45 bits per heavy atom. The second-order valence-electron chi connectivity index (χ2n) is 6.44. The number of rotatable bonds is 4. The highest BCUT2D eigenvalue weighted by molar-refractivity contribution is 5.03. The summed E-state index contributed by atoms with van der Waals surface area (Å²) in [6.07, 6.45) is 3.29. The molecule has 0 aromatic carbocycles. The van der Waals surface area contributed by atoms with Crippen molar-refractivity contribution in [2.24, 2.45) is 5.41 Å². The lowest BCUT2D eigenvalue weighted by molar-refractivity contribution is -0.202. The van der Waals surface area contributed by atoms with Crippen LogP contribution in [0.15, 0.2) is 0 Å². The second-order valence-corrected chi connectivity index (χ2v) is 6.44. The number of ether oxygens (including phenoxy) is 1. The Bertz CT molecular complexity index is 288. The van der Waals surface area contributed by atoms with Gasteiger partial charge in [-0.15, -0.1) is 0 Å². The SMILES string of the molecule is CC.CCCNC1CCC(N2CC3(COC3)C2)CC1F. The Labute approximate surface area is 123 Å². The van der Waals surface area contributed by atoms with E-state index in [9.17, 15) is 4.39 Å². The van der Waals surface area contributed by atoms with E-state index in [0.717, 1.165) is 58.5 Å². The van der Waals surface area contributed by atoms with Crippen LogP contribution in [0, 0.1) is 5.41 Å². The number of nitrogens with one attached hydrogen (secondary N) is 1. The van der Waals surface area contributed by atoms with Crippen LogP contribution in [0.1, 0.15) is 46.5 Å². The van der Waals surface area contributed by atoms with Crippen molar-refractivity contribution in [2.75, 3.05) is 32.8 Å². The zero-order valence-electron chi connectivity index (χ0n) is 13.3. The molecule has 0 radical (unpaired) electrons. The molecule has 0 bridgehead atoms. The fourth-order valence-electron chi connectivity index (χ4n) is 3.63. The van der Waals surface area contributed by atoms with Crippen LogP contribution in [0.2, 0.25) is 0 Å². The van der Waals surface area contributed by atoms with Gasteiger partial charge in [0.25, 0.3) is 0 Å². The van der Waals surface area contributed by atoms with Crippen molar-refractivity contribution >= 4 is 0 Å². The minimum absolute atomic E-state index is 0.100. The molecule has 0 aromatic rings. The van der Waals surface area contributed by atoms with Crippen LogP contribution in [-0.2, 0) is 4.74 Å². The first-order chi connectivity index (χ1) is 9.72.